The number of nitrogens with two attached hydrogens (primary N) is 1. The summed E-state index contributed by atoms with van der Waals surface area (Å²) in [5, 5.41) is 8.12. The van der Waals surface area contributed by atoms with E-state index in [2.05, 4.69) is 10.3 Å². The maximum absolute atomic E-state index is 5.71. The normalized spacial score (nSPS) is 10.8. The van der Waals surface area contributed by atoms with E-state index in [0.717, 1.165) is 22.8 Å². The van der Waals surface area contributed by atoms with Crippen LogP contribution in [0, 0.1) is 20.8 Å². The predicted octanol–water partition coefficient (Wildman–Crippen LogP) is 1.37. The first-order chi connectivity index (χ1) is 6.59. The number of nitrogens with zero attached hydrogens (tertiary/aromatic N) is 3. The van der Waals surface area contributed by atoms with Crippen LogP contribution in [0.25, 0.3) is 5.69 Å². The molecule has 0 unspecified atom stereocenters. The Kier molecular flexibility index (Phi) is 1.80. The van der Waals surface area contributed by atoms with Crippen molar-refractivity contribution in [3.63, 3.8) is 0 Å². The van der Waals surface area contributed by atoms with Crippen molar-refractivity contribution in [2.75, 3.05) is 5.73 Å². The van der Waals surface area contributed by atoms with E-state index < -0.39 is 0 Å². The zero-order valence-corrected chi connectivity index (χ0v) is 8.40. The zero-order valence-electron chi connectivity index (χ0n) is 8.40. The molecule has 0 fully saturated rings. The van der Waals surface area contributed by atoms with E-state index in [1.54, 1.807) is 10.9 Å². The molecule has 0 saturated heterocycles. The molecule has 0 radical (unpaired) electrons. The van der Waals surface area contributed by atoms with Gasteiger partial charge in [-0.25, -0.2) is 4.68 Å². The van der Waals surface area contributed by atoms with E-state index in [0.29, 0.717) is 5.69 Å². The Bertz CT molecular complexity index is 430. The van der Waals surface area contributed by atoms with E-state index in [4.69, 9.17) is 10.3 Å². The van der Waals surface area contributed by atoms with Gasteiger partial charge in [0, 0.05) is 0 Å². The summed E-state index contributed by atoms with van der Waals surface area (Å²) in [6.45, 7) is 5.59. The van der Waals surface area contributed by atoms with E-state index >= 15 is 0 Å². The molecule has 2 aromatic rings. The van der Waals surface area contributed by atoms with Crippen LogP contribution in [0.2, 0.25) is 0 Å². The lowest BCUT2D eigenvalue weighted by atomic mass is 10.3. The highest BCUT2D eigenvalue weighted by atomic mass is 16.5. The Morgan fingerprint density at radius 3 is 2.43 bits per heavy atom. The fraction of sp³-hybridized carbons (Fsp3) is 0.333. The monoisotopic (exact) mass is 192 g/mol. The van der Waals surface area contributed by atoms with E-state index in [1.807, 2.05) is 20.8 Å². The number of aromatic nitrogens is 3. The third-order valence-corrected chi connectivity index (χ3v) is 2.16. The van der Waals surface area contributed by atoms with Gasteiger partial charge in [0.15, 0.2) is 5.76 Å². The molecule has 5 nitrogen and oxygen atoms in total. The fourth-order valence-corrected chi connectivity index (χ4v) is 1.39. The lowest BCUT2D eigenvalue weighted by molar-refractivity contribution is 0.392. The van der Waals surface area contributed by atoms with Crippen LogP contribution in [0.15, 0.2) is 10.7 Å². The van der Waals surface area contributed by atoms with E-state index in [9.17, 15) is 0 Å². The third-order valence-electron chi connectivity index (χ3n) is 2.16. The average molecular weight is 192 g/mol. The second-order valence-electron chi connectivity index (χ2n) is 3.29. The molecule has 0 aliphatic rings. The van der Waals surface area contributed by atoms with Crippen molar-refractivity contribution in [2.45, 2.75) is 20.8 Å². The predicted molar refractivity (Wildman–Crippen MR) is 52.2 cm³/mol. The summed E-state index contributed by atoms with van der Waals surface area (Å²) in [5.41, 5.74) is 8.87. The maximum Gasteiger partial charge on any atom is 0.159 e. The number of hydrogen-bond acceptors (Lipinski definition) is 4. The third kappa shape index (κ3) is 1.17. The molecule has 0 saturated carbocycles. The van der Waals surface area contributed by atoms with Gasteiger partial charge in [0.05, 0.1) is 17.6 Å². The molecule has 74 valence electrons. The topological polar surface area (TPSA) is 69.9 Å². The van der Waals surface area contributed by atoms with Crippen LogP contribution in [-0.2, 0) is 0 Å². The minimum Gasteiger partial charge on any atom is -0.396 e. The van der Waals surface area contributed by atoms with Gasteiger partial charge >= 0.3 is 0 Å². The molecule has 0 atom stereocenters. The standard InChI is InChI=1S/C9H12N4O/c1-5-8(10)4-13(11-5)9-6(2)12-14-7(9)3/h4H,10H2,1-3H3. The molecule has 2 rings (SSSR count). The summed E-state index contributed by atoms with van der Waals surface area (Å²) in [7, 11) is 0. The van der Waals surface area contributed by atoms with Gasteiger partial charge in [-0.15, -0.1) is 0 Å². The molecular weight excluding hydrogens is 180 g/mol. The molecule has 5 heteroatoms. The molecule has 0 spiro atoms. The first kappa shape index (κ1) is 8.80. The Labute approximate surface area is 81.5 Å². The minimum atomic E-state index is 0.671. The second-order valence-corrected chi connectivity index (χ2v) is 3.29. The van der Waals surface area contributed by atoms with Gasteiger partial charge in [-0.2, -0.15) is 5.10 Å². The van der Waals surface area contributed by atoms with Gasteiger partial charge in [-0.05, 0) is 20.8 Å². The van der Waals surface area contributed by atoms with Crippen LogP contribution >= 0.6 is 0 Å². The summed E-state index contributed by atoms with van der Waals surface area (Å²) < 4.78 is 6.75. The Morgan fingerprint density at radius 2 is 2.00 bits per heavy atom. The fourth-order valence-electron chi connectivity index (χ4n) is 1.39. The molecule has 14 heavy (non-hydrogen) atoms. The Balaban J connectivity index is 2.59. The van der Waals surface area contributed by atoms with Crippen molar-refractivity contribution in [1.29, 1.82) is 0 Å². The molecule has 0 aromatic carbocycles. The van der Waals surface area contributed by atoms with Gasteiger partial charge in [0.1, 0.15) is 11.4 Å². The van der Waals surface area contributed by atoms with Crippen LogP contribution in [0.3, 0.4) is 0 Å². The summed E-state index contributed by atoms with van der Waals surface area (Å²) in [6.07, 6.45) is 1.77. The van der Waals surface area contributed by atoms with Crippen molar-refractivity contribution in [2.24, 2.45) is 0 Å². The summed E-state index contributed by atoms with van der Waals surface area (Å²) in [4.78, 5) is 0. The number of rotatable bonds is 1. The largest absolute Gasteiger partial charge is 0.396 e. The van der Waals surface area contributed by atoms with Gasteiger partial charge < -0.3 is 10.3 Å². The van der Waals surface area contributed by atoms with Crippen LogP contribution in [0.1, 0.15) is 17.1 Å². The summed E-state index contributed by atoms with van der Waals surface area (Å²) >= 11 is 0. The van der Waals surface area contributed by atoms with Gasteiger partial charge in [-0.3, -0.25) is 0 Å². The highest BCUT2D eigenvalue weighted by molar-refractivity contribution is 5.45. The van der Waals surface area contributed by atoms with Crippen LogP contribution in [-0.4, -0.2) is 14.9 Å². The highest BCUT2D eigenvalue weighted by Crippen LogP contribution is 2.19. The number of aryl methyl sites for hydroxylation is 3. The van der Waals surface area contributed by atoms with Crippen molar-refractivity contribution < 1.29 is 4.52 Å². The second kappa shape index (κ2) is 2.87. The van der Waals surface area contributed by atoms with Crippen LogP contribution < -0.4 is 5.73 Å². The van der Waals surface area contributed by atoms with Crippen molar-refractivity contribution in [3.8, 4) is 5.69 Å². The molecular formula is C9H12N4O. The molecule has 0 bridgehead atoms. The quantitative estimate of drug-likeness (QED) is 0.740. The van der Waals surface area contributed by atoms with E-state index in [1.165, 1.54) is 0 Å². The SMILES string of the molecule is Cc1nn(-c2c(C)noc2C)cc1N. The molecule has 2 heterocycles. The van der Waals surface area contributed by atoms with Gasteiger partial charge in [-0.1, -0.05) is 5.16 Å². The summed E-state index contributed by atoms with van der Waals surface area (Å²) in [6, 6.07) is 0. The van der Waals surface area contributed by atoms with Gasteiger partial charge in [0.25, 0.3) is 0 Å². The molecule has 2 aromatic heterocycles. The molecule has 2 N–H and O–H groups in total. The van der Waals surface area contributed by atoms with E-state index in [-0.39, 0.29) is 0 Å². The maximum atomic E-state index is 5.71. The molecule has 0 amide bonds. The van der Waals surface area contributed by atoms with Crippen molar-refractivity contribution >= 4 is 5.69 Å². The number of anilines is 1. The number of nitrogen functional groups attached to an aromatic ring is 1. The first-order valence-corrected chi connectivity index (χ1v) is 4.34. The van der Waals surface area contributed by atoms with Crippen molar-refractivity contribution in [1.82, 2.24) is 14.9 Å². The van der Waals surface area contributed by atoms with Crippen LogP contribution in [0.4, 0.5) is 5.69 Å². The first-order valence-electron chi connectivity index (χ1n) is 4.34. The molecule has 0 aliphatic carbocycles. The van der Waals surface area contributed by atoms with Crippen molar-refractivity contribution in [3.05, 3.63) is 23.3 Å². The Hall–Kier alpha value is -1.78. The Morgan fingerprint density at radius 1 is 1.29 bits per heavy atom. The lowest BCUT2D eigenvalue weighted by Gasteiger charge is -1.97. The summed E-state index contributed by atoms with van der Waals surface area (Å²) in [5.74, 6) is 0.741. The van der Waals surface area contributed by atoms with Gasteiger partial charge in [0.2, 0.25) is 0 Å². The zero-order chi connectivity index (χ0) is 10.3. The van der Waals surface area contributed by atoms with Crippen LogP contribution in [0.5, 0.6) is 0 Å². The highest BCUT2D eigenvalue weighted by Gasteiger charge is 2.13. The molecule has 0 aliphatic heterocycles. The smallest absolute Gasteiger partial charge is 0.159 e. The lowest BCUT2D eigenvalue weighted by Crippen LogP contribution is -1.97. The average Bonchev–Trinajstić information content (AvgIpc) is 2.59. The number of hydrogen-bond donors (Lipinski definition) is 1. The minimum absolute atomic E-state index is 0.671.